The molecule has 4 rings (SSSR count). The minimum atomic E-state index is -0.214. The zero-order valence-corrected chi connectivity index (χ0v) is 13.0. The van der Waals surface area contributed by atoms with Crippen LogP contribution >= 0.6 is 0 Å². The number of hydrogen-bond donors (Lipinski definition) is 2. The van der Waals surface area contributed by atoms with Crippen LogP contribution in [0.5, 0.6) is 5.75 Å². The summed E-state index contributed by atoms with van der Waals surface area (Å²) in [5.41, 5.74) is 2.82. The third kappa shape index (κ3) is 2.36. The molecule has 0 fully saturated rings. The molecule has 5 heteroatoms. The fourth-order valence-electron chi connectivity index (χ4n) is 2.85. The summed E-state index contributed by atoms with van der Waals surface area (Å²) in [7, 11) is 0. The quantitative estimate of drug-likeness (QED) is 0.591. The Morgan fingerprint density at radius 2 is 1.92 bits per heavy atom. The highest BCUT2D eigenvalue weighted by molar-refractivity contribution is 6.10. The number of phenolic OH excluding ortho intramolecular Hbond substituents is 1. The lowest BCUT2D eigenvalue weighted by atomic mass is 10.1. The van der Waals surface area contributed by atoms with Gasteiger partial charge in [0.1, 0.15) is 11.4 Å². The van der Waals surface area contributed by atoms with Crippen molar-refractivity contribution in [3.05, 3.63) is 72.2 Å². The minimum Gasteiger partial charge on any atom is -0.507 e. The Hall–Kier alpha value is -3.34. The predicted molar refractivity (Wildman–Crippen MR) is 93.5 cm³/mol. The zero-order chi connectivity index (χ0) is 16.7. The van der Waals surface area contributed by atoms with Gasteiger partial charge in [0, 0.05) is 34.4 Å². The number of carbonyl (C=O) groups is 1. The van der Waals surface area contributed by atoms with Crippen molar-refractivity contribution in [2.75, 3.05) is 5.32 Å². The molecular weight excluding hydrogens is 302 g/mol. The average molecular weight is 317 g/mol. The fourth-order valence-corrected chi connectivity index (χ4v) is 2.85. The second-order valence-electron chi connectivity index (χ2n) is 5.70. The standard InChI is InChI=1S/C19H15N3O2/c1-12-11-22-9-8-13(10-18(22)20-12)19(24)21-16-6-2-5-15-14(16)4-3-7-17(15)23/h2-11,23H,1H3,(H,21,24). The van der Waals surface area contributed by atoms with Gasteiger partial charge in [-0.25, -0.2) is 4.98 Å². The molecule has 2 heterocycles. The highest BCUT2D eigenvalue weighted by Crippen LogP contribution is 2.30. The minimum absolute atomic E-state index is 0.192. The van der Waals surface area contributed by atoms with Crippen molar-refractivity contribution in [3.8, 4) is 5.75 Å². The molecule has 0 aliphatic heterocycles. The van der Waals surface area contributed by atoms with Crippen molar-refractivity contribution in [3.63, 3.8) is 0 Å². The second-order valence-corrected chi connectivity index (χ2v) is 5.70. The zero-order valence-electron chi connectivity index (χ0n) is 13.0. The molecule has 5 nitrogen and oxygen atoms in total. The van der Waals surface area contributed by atoms with Gasteiger partial charge >= 0.3 is 0 Å². The number of benzene rings is 2. The SMILES string of the molecule is Cc1cn2ccc(C(=O)Nc3cccc4c(O)cccc34)cc2n1. The van der Waals surface area contributed by atoms with Crippen molar-refractivity contribution in [2.45, 2.75) is 6.92 Å². The van der Waals surface area contributed by atoms with Crippen LogP contribution in [0.3, 0.4) is 0 Å². The normalized spacial score (nSPS) is 11.0. The summed E-state index contributed by atoms with van der Waals surface area (Å²) < 4.78 is 1.88. The van der Waals surface area contributed by atoms with Crippen molar-refractivity contribution in [1.29, 1.82) is 0 Å². The van der Waals surface area contributed by atoms with E-state index in [0.29, 0.717) is 16.6 Å². The number of aromatic hydroxyl groups is 1. The first kappa shape index (κ1) is 14.3. The van der Waals surface area contributed by atoms with Crippen molar-refractivity contribution < 1.29 is 9.90 Å². The van der Waals surface area contributed by atoms with E-state index >= 15 is 0 Å². The maximum Gasteiger partial charge on any atom is 0.255 e. The number of anilines is 1. The molecule has 0 radical (unpaired) electrons. The number of aromatic nitrogens is 2. The second kappa shape index (κ2) is 5.38. The first-order chi connectivity index (χ1) is 11.6. The van der Waals surface area contributed by atoms with Crippen LogP contribution in [0.15, 0.2) is 60.9 Å². The molecule has 2 N–H and O–H groups in total. The van der Waals surface area contributed by atoms with E-state index in [0.717, 1.165) is 16.7 Å². The maximum absolute atomic E-state index is 12.6. The molecule has 1 amide bonds. The lowest BCUT2D eigenvalue weighted by Crippen LogP contribution is -2.12. The number of fused-ring (bicyclic) bond motifs is 2. The van der Waals surface area contributed by atoms with E-state index in [1.54, 1.807) is 30.3 Å². The van der Waals surface area contributed by atoms with E-state index in [1.165, 1.54) is 0 Å². The number of rotatable bonds is 2. The number of pyridine rings is 1. The van der Waals surface area contributed by atoms with Gasteiger partial charge in [0.05, 0.1) is 5.69 Å². The van der Waals surface area contributed by atoms with E-state index in [2.05, 4.69) is 10.3 Å². The lowest BCUT2D eigenvalue weighted by Gasteiger charge is -2.10. The molecule has 24 heavy (non-hydrogen) atoms. The molecule has 0 bridgehead atoms. The lowest BCUT2D eigenvalue weighted by molar-refractivity contribution is 0.102. The molecule has 0 saturated carbocycles. The number of carbonyl (C=O) groups excluding carboxylic acids is 1. The van der Waals surface area contributed by atoms with Crippen molar-refractivity contribution in [2.24, 2.45) is 0 Å². The Morgan fingerprint density at radius 1 is 1.12 bits per heavy atom. The van der Waals surface area contributed by atoms with Crippen molar-refractivity contribution >= 4 is 28.0 Å². The summed E-state index contributed by atoms with van der Waals surface area (Å²) in [6.45, 7) is 1.91. The first-order valence-electron chi connectivity index (χ1n) is 7.59. The monoisotopic (exact) mass is 317 g/mol. The fraction of sp³-hybridized carbons (Fsp3) is 0.0526. The largest absolute Gasteiger partial charge is 0.507 e. The Kier molecular flexibility index (Phi) is 3.20. The number of nitrogens with zero attached hydrogens (tertiary/aromatic N) is 2. The van der Waals surface area contributed by atoms with Crippen LogP contribution < -0.4 is 5.32 Å². The number of amides is 1. The third-order valence-electron chi connectivity index (χ3n) is 3.99. The van der Waals surface area contributed by atoms with Crippen LogP contribution in [0.4, 0.5) is 5.69 Å². The van der Waals surface area contributed by atoms with Crippen LogP contribution in [0.25, 0.3) is 16.4 Å². The van der Waals surface area contributed by atoms with Gasteiger partial charge in [0.2, 0.25) is 0 Å². The maximum atomic E-state index is 12.6. The van der Waals surface area contributed by atoms with Crippen molar-refractivity contribution in [1.82, 2.24) is 9.38 Å². The van der Waals surface area contributed by atoms with E-state index in [4.69, 9.17) is 0 Å². The molecule has 2 aromatic carbocycles. The molecule has 0 aliphatic rings. The highest BCUT2D eigenvalue weighted by Gasteiger charge is 2.11. The summed E-state index contributed by atoms with van der Waals surface area (Å²) in [6, 6.07) is 14.2. The van der Waals surface area contributed by atoms with Gasteiger partial charge in [-0.3, -0.25) is 4.79 Å². The number of phenols is 1. The summed E-state index contributed by atoms with van der Waals surface area (Å²) >= 11 is 0. The highest BCUT2D eigenvalue weighted by atomic mass is 16.3. The summed E-state index contributed by atoms with van der Waals surface area (Å²) in [5.74, 6) is -0.0214. The number of imidazole rings is 1. The van der Waals surface area contributed by atoms with E-state index in [1.807, 2.05) is 41.9 Å². The molecule has 2 aromatic heterocycles. The van der Waals surface area contributed by atoms with Crippen LogP contribution in [0.2, 0.25) is 0 Å². The van der Waals surface area contributed by atoms with Gasteiger partial charge in [-0.05, 0) is 31.2 Å². The Bertz CT molecular complexity index is 1080. The van der Waals surface area contributed by atoms with E-state index < -0.39 is 0 Å². The van der Waals surface area contributed by atoms with Gasteiger partial charge in [-0.2, -0.15) is 0 Å². The number of hydrogen-bond acceptors (Lipinski definition) is 3. The summed E-state index contributed by atoms with van der Waals surface area (Å²) in [6.07, 6.45) is 3.73. The van der Waals surface area contributed by atoms with Gasteiger partial charge in [-0.15, -0.1) is 0 Å². The molecule has 0 aliphatic carbocycles. The third-order valence-corrected chi connectivity index (χ3v) is 3.99. The predicted octanol–water partition coefficient (Wildman–Crippen LogP) is 3.75. The van der Waals surface area contributed by atoms with Gasteiger partial charge in [-0.1, -0.05) is 24.3 Å². The Balaban J connectivity index is 1.71. The van der Waals surface area contributed by atoms with Crippen LogP contribution in [-0.4, -0.2) is 20.4 Å². The number of nitrogens with one attached hydrogen (secondary N) is 1. The van der Waals surface area contributed by atoms with Gasteiger partial charge in [0.25, 0.3) is 5.91 Å². The molecular formula is C19H15N3O2. The Labute approximate surface area is 138 Å². The van der Waals surface area contributed by atoms with E-state index in [9.17, 15) is 9.90 Å². The topological polar surface area (TPSA) is 66.6 Å². The van der Waals surface area contributed by atoms with Crippen LogP contribution in [0, 0.1) is 6.92 Å². The first-order valence-corrected chi connectivity index (χ1v) is 7.59. The molecule has 0 spiro atoms. The van der Waals surface area contributed by atoms with Gasteiger partial charge < -0.3 is 14.8 Å². The van der Waals surface area contributed by atoms with E-state index in [-0.39, 0.29) is 11.7 Å². The number of aryl methyl sites for hydroxylation is 1. The summed E-state index contributed by atoms with van der Waals surface area (Å²) in [4.78, 5) is 17.0. The molecule has 4 aromatic rings. The molecule has 118 valence electrons. The van der Waals surface area contributed by atoms with Crippen LogP contribution in [0.1, 0.15) is 16.1 Å². The average Bonchev–Trinajstić information content (AvgIpc) is 2.95. The van der Waals surface area contributed by atoms with Gasteiger partial charge in [0.15, 0.2) is 0 Å². The molecule has 0 saturated heterocycles. The van der Waals surface area contributed by atoms with Crippen LogP contribution in [-0.2, 0) is 0 Å². The molecule has 0 atom stereocenters. The molecule has 0 unspecified atom stereocenters. The Morgan fingerprint density at radius 3 is 2.79 bits per heavy atom. The smallest absolute Gasteiger partial charge is 0.255 e. The summed E-state index contributed by atoms with van der Waals surface area (Å²) in [5, 5.41) is 14.4.